The van der Waals surface area contributed by atoms with Gasteiger partial charge in [0.05, 0.1) is 6.10 Å². The van der Waals surface area contributed by atoms with Gasteiger partial charge in [0, 0.05) is 26.9 Å². The molecule has 0 aromatic carbocycles. The standard InChI is InChI=1S/C12H25NO2/c1-9(7-8-14-3)11(13-2)12(15-4)10-5-6-10/h9-13H,5-8H2,1-4H3. The Balaban J connectivity index is 2.43. The summed E-state index contributed by atoms with van der Waals surface area (Å²) in [5.74, 6) is 1.37. The van der Waals surface area contributed by atoms with E-state index in [9.17, 15) is 0 Å². The summed E-state index contributed by atoms with van der Waals surface area (Å²) in [7, 11) is 5.62. The molecule has 1 N–H and O–H groups in total. The van der Waals surface area contributed by atoms with Crippen molar-refractivity contribution in [3.05, 3.63) is 0 Å². The Hall–Kier alpha value is -0.120. The lowest BCUT2D eigenvalue weighted by Gasteiger charge is -2.30. The van der Waals surface area contributed by atoms with Crippen molar-refractivity contribution in [2.75, 3.05) is 27.9 Å². The Bertz CT molecular complexity index is 171. The van der Waals surface area contributed by atoms with Crippen molar-refractivity contribution in [3.63, 3.8) is 0 Å². The largest absolute Gasteiger partial charge is 0.385 e. The van der Waals surface area contributed by atoms with Crippen LogP contribution in [-0.2, 0) is 9.47 Å². The van der Waals surface area contributed by atoms with Crippen molar-refractivity contribution in [2.24, 2.45) is 11.8 Å². The lowest BCUT2D eigenvalue weighted by molar-refractivity contribution is 0.0307. The van der Waals surface area contributed by atoms with E-state index in [0.717, 1.165) is 18.9 Å². The van der Waals surface area contributed by atoms with Crippen molar-refractivity contribution >= 4 is 0 Å². The van der Waals surface area contributed by atoms with Gasteiger partial charge in [0.2, 0.25) is 0 Å². The van der Waals surface area contributed by atoms with E-state index in [1.165, 1.54) is 12.8 Å². The van der Waals surface area contributed by atoms with E-state index in [1.807, 2.05) is 14.2 Å². The van der Waals surface area contributed by atoms with Crippen LogP contribution in [0.1, 0.15) is 26.2 Å². The molecule has 0 aromatic rings. The Kier molecular flexibility index (Phi) is 5.58. The van der Waals surface area contributed by atoms with Crippen LogP contribution >= 0.6 is 0 Å². The first-order valence-electron chi connectivity index (χ1n) is 5.93. The smallest absolute Gasteiger partial charge is 0.0754 e. The third-order valence-electron chi connectivity index (χ3n) is 3.44. The summed E-state index contributed by atoms with van der Waals surface area (Å²) in [5, 5.41) is 3.40. The minimum Gasteiger partial charge on any atom is -0.385 e. The van der Waals surface area contributed by atoms with E-state index in [0.29, 0.717) is 18.1 Å². The van der Waals surface area contributed by atoms with E-state index in [2.05, 4.69) is 12.2 Å². The number of methoxy groups -OCH3 is 2. The van der Waals surface area contributed by atoms with Crippen LogP contribution in [0.2, 0.25) is 0 Å². The van der Waals surface area contributed by atoms with Gasteiger partial charge in [0.1, 0.15) is 0 Å². The highest BCUT2D eigenvalue weighted by Gasteiger charge is 2.38. The molecule has 0 saturated heterocycles. The monoisotopic (exact) mass is 215 g/mol. The van der Waals surface area contributed by atoms with Crippen molar-refractivity contribution in [2.45, 2.75) is 38.3 Å². The molecule has 0 aromatic heterocycles. The average molecular weight is 215 g/mol. The predicted molar refractivity (Wildman–Crippen MR) is 62.0 cm³/mol. The Morgan fingerprint density at radius 1 is 1.33 bits per heavy atom. The van der Waals surface area contributed by atoms with Gasteiger partial charge in [-0.2, -0.15) is 0 Å². The highest BCUT2D eigenvalue weighted by molar-refractivity contribution is 4.91. The Labute approximate surface area is 93.5 Å². The zero-order chi connectivity index (χ0) is 11.3. The third kappa shape index (κ3) is 3.74. The van der Waals surface area contributed by atoms with Gasteiger partial charge >= 0.3 is 0 Å². The van der Waals surface area contributed by atoms with Crippen molar-refractivity contribution < 1.29 is 9.47 Å². The molecule has 1 saturated carbocycles. The minimum absolute atomic E-state index is 0.377. The topological polar surface area (TPSA) is 30.5 Å². The fourth-order valence-corrected chi connectivity index (χ4v) is 2.31. The van der Waals surface area contributed by atoms with Crippen LogP contribution in [0.25, 0.3) is 0 Å². The number of ether oxygens (including phenoxy) is 2. The first-order chi connectivity index (χ1) is 7.24. The number of rotatable bonds is 8. The summed E-state index contributed by atoms with van der Waals surface area (Å²) in [6.45, 7) is 3.11. The second-order valence-corrected chi connectivity index (χ2v) is 4.61. The molecule has 15 heavy (non-hydrogen) atoms. The van der Waals surface area contributed by atoms with Gasteiger partial charge in [-0.3, -0.25) is 0 Å². The summed E-state index contributed by atoms with van der Waals surface area (Å²) in [6.07, 6.45) is 4.12. The van der Waals surface area contributed by atoms with Gasteiger partial charge in [0.25, 0.3) is 0 Å². The minimum atomic E-state index is 0.377. The summed E-state index contributed by atoms with van der Waals surface area (Å²) in [6, 6.07) is 0.456. The summed E-state index contributed by atoms with van der Waals surface area (Å²) in [5.41, 5.74) is 0. The van der Waals surface area contributed by atoms with Gasteiger partial charge < -0.3 is 14.8 Å². The van der Waals surface area contributed by atoms with Gasteiger partial charge in [-0.1, -0.05) is 6.92 Å². The van der Waals surface area contributed by atoms with Crippen molar-refractivity contribution in [1.82, 2.24) is 5.32 Å². The molecule has 0 heterocycles. The van der Waals surface area contributed by atoms with E-state index in [4.69, 9.17) is 9.47 Å². The second kappa shape index (κ2) is 6.46. The normalized spacial score (nSPS) is 22.4. The molecular formula is C12H25NO2. The average Bonchev–Trinajstić information content (AvgIpc) is 3.06. The van der Waals surface area contributed by atoms with Crippen LogP contribution < -0.4 is 5.32 Å². The van der Waals surface area contributed by atoms with Crippen molar-refractivity contribution in [1.29, 1.82) is 0 Å². The fraction of sp³-hybridized carbons (Fsp3) is 1.00. The molecule has 1 aliphatic carbocycles. The summed E-state index contributed by atoms with van der Waals surface area (Å²) >= 11 is 0. The van der Waals surface area contributed by atoms with Crippen molar-refractivity contribution in [3.8, 4) is 0 Å². The maximum Gasteiger partial charge on any atom is 0.0754 e. The van der Waals surface area contributed by atoms with Gasteiger partial charge in [0.15, 0.2) is 0 Å². The Morgan fingerprint density at radius 3 is 2.40 bits per heavy atom. The van der Waals surface area contributed by atoms with E-state index in [1.54, 1.807) is 7.11 Å². The van der Waals surface area contributed by atoms with Crippen LogP contribution in [0.3, 0.4) is 0 Å². The maximum absolute atomic E-state index is 5.63. The van der Waals surface area contributed by atoms with E-state index in [-0.39, 0.29) is 0 Å². The lowest BCUT2D eigenvalue weighted by Crippen LogP contribution is -2.45. The van der Waals surface area contributed by atoms with Gasteiger partial charge in [-0.15, -0.1) is 0 Å². The molecular weight excluding hydrogens is 190 g/mol. The van der Waals surface area contributed by atoms with Crippen LogP contribution in [0.15, 0.2) is 0 Å². The second-order valence-electron chi connectivity index (χ2n) is 4.61. The quantitative estimate of drug-likeness (QED) is 0.668. The zero-order valence-corrected chi connectivity index (χ0v) is 10.5. The van der Waals surface area contributed by atoms with Crippen LogP contribution in [0.5, 0.6) is 0 Å². The van der Waals surface area contributed by atoms with Gasteiger partial charge in [-0.05, 0) is 38.1 Å². The molecule has 0 amide bonds. The summed E-state index contributed by atoms with van der Waals surface area (Å²) < 4.78 is 10.8. The summed E-state index contributed by atoms with van der Waals surface area (Å²) in [4.78, 5) is 0. The van der Waals surface area contributed by atoms with Crippen LogP contribution in [0.4, 0.5) is 0 Å². The third-order valence-corrected chi connectivity index (χ3v) is 3.44. The molecule has 0 aliphatic heterocycles. The highest BCUT2D eigenvalue weighted by Crippen LogP contribution is 2.37. The molecule has 3 unspecified atom stereocenters. The van der Waals surface area contributed by atoms with E-state index < -0.39 is 0 Å². The van der Waals surface area contributed by atoms with Crippen LogP contribution in [0, 0.1) is 11.8 Å². The van der Waals surface area contributed by atoms with Gasteiger partial charge in [-0.25, -0.2) is 0 Å². The fourth-order valence-electron chi connectivity index (χ4n) is 2.31. The molecule has 3 nitrogen and oxygen atoms in total. The lowest BCUT2D eigenvalue weighted by atomic mass is 9.91. The molecule has 0 spiro atoms. The number of hydrogen-bond acceptors (Lipinski definition) is 3. The molecule has 1 rings (SSSR count). The SMILES string of the molecule is CNC(C(C)CCOC)C(OC)C1CC1. The molecule has 1 aliphatic rings. The first kappa shape index (κ1) is 12.9. The molecule has 3 heteroatoms. The molecule has 90 valence electrons. The molecule has 0 radical (unpaired) electrons. The first-order valence-corrected chi connectivity index (χ1v) is 5.93. The number of nitrogens with one attached hydrogen (secondary N) is 1. The predicted octanol–water partition coefficient (Wildman–Crippen LogP) is 1.67. The van der Waals surface area contributed by atoms with Crippen LogP contribution in [-0.4, -0.2) is 40.0 Å². The van der Waals surface area contributed by atoms with E-state index >= 15 is 0 Å². The highest BCUT2D eigenvalue weighted by atomic mass is 16.5. The zero-order valence-electron chi connectivity index (χ0n) is 10.5. The number of likely N-dealkylation sites (N-methyl/N-ethyl adjacent to an activating group) is 1. The molecule has 1 fully saturated rings. The molecule has 0 bridgehead atoms. The maximum atomic E-state index is 5.63. The Morgan fingerprint density at radius 2 is 2.00 bits per heavy atom. The molecule has 3 atom stereocenters. The number of hydrogen-bond donors (Lipinski definition) is 1.